The molecule has 0 saturated carbocycles. The number of carbonyl (C=O) groups is 1. The number of rotatable bonds is 14. The lowest BCUT2D eigenvalue weighted by Gasteiger charge is -2.25. The minimum atomic E-state index is -0.729. The van der Waals surface area contributed by atoms with Gasteiger partial charge in [-0.15, -0.1) is 11.6 Å². The number of carboxylic acids is 1. The first-order valence-electron chi connectivity index (χ1n) is 9.97. The van der Waals surface area contributed by atoms with Crippen molar-refractivity contribution < 1.29 is 15.0 Å². The molecule has 0 aromatic carbocycles. The summed E-state index contributed by atoms with van der Waals surface area (Å²) in [4.78, 5) is 12.9. The second kappa shape index (κ2) is 13.6. The number of hydrogen-bond donors (Lipinski definition) is 2. The third-order valence-electron chi connectivity index (χ3n) is 5.01. The number of aliphatic hydroxyl groups is 1. The number of nitrogens with zero attached hydrogens (tertiary/aromatic N) is 1. The van der Waals surface area contributed by atoms with Crippen molar-refractivity contribution >= 4 is 17.6 Å². The Morgan fingerprint density at radius 3 is 2.72 bits per heavy atom. The summed E-state index contributed by atoms with van der Waals surface area (Å²) in [6.07, 6.45) is 14.1. The molecule has 3 atom stereocenters. The van der Waals surface area contributed by atoms with E-state index in [1.54, 1.807) is 0 Å². The van der Waals surface area contributed by atoms with Crippen molar-refractivity contribution in [2.45, 2.75) is 95.1 Å². The van der Waals surface area contributed by atoms with E-state index in [2.05, 4.69) is 24.0 Å². The second-order valence-corrected chi connectivity index (χ2v) is 7.75. The van der Waals surface area contributed by atoms with E-state index in [0.29, 0.717) is 12.5 Å². The molecule has 0 bridgehead atoms. The van der Waals surface area contributed by atoms with E-state index >= 15 is 0 Å². The van der Waals surface area contributed by atoms with Crippen molar-refractivity contribution in [3.63, 3.8) is 0 Å². The number of carboxylic acid groups (broad SMARTS) is 1. The maximum absolute atomic E-state index is 10.5. The molecule has 5 heteroatoms. The molecule has 0 radical (unpaired) electrons. The third kappa shape index (κ3) is 10.2. The molecule has 4 nitrogen and oxygen atoms in total. The molecule has 0 spiro atoms. The first-order valence-corrected chi connectivity index (χ1v) is 10.4. The van der Waals surface area contributed by atoms with Crippen LogP contribution in [-0.2, 0) is 4.79 Å². The van der Waals surface area contributed by atoms with E-state index < -0.39 is 5.97 Å². The lowest BCUT2D eigenvalue weighted by Crippen LogP contribution is -2.34. The average molecular weight is 374 g/mol. The molecule has 1 rings (SSSR count). The smallest absolute Gasteiger partial charge is 0.303 e. The first-order chi connectivity index (χ1) is 12.0. The molecule has 0 aliphatic carbocycles. The predicted molar refractivity (Wildman–Crippen MR) is 104 cm³/mol. The van der Waals surface area contributed by atoms with Gasteiger partial charge in [-0.25, -0.2) is 0 Å². The summed E-state index contributed by atoms with van der Waals surface area (Å²) in [7, 11) is 0. The average Bonchev–Trinajstić information content (AvgIpc) is 2.91. The van der Waals surface area contributed by atoms with E-state index in [1.165, 1.54) is 12.8 Å². The standard InChI is InChI=1S/C20H36ClNO3/c1-2-3-6-10-17(23)11-9-15-22-16-14-18(21)19(22)12-7-4-5-8-13-20(24)25/h4,7,17-19,23H,2-3,5-6,8-16H2,1H3,(H,24,25)/b7-4-/t17-,18-,19+/m1/s1. The van der Waals surface area contributed by atoms with Gasteiger partial charge < -0.3 is 10.2 Å². The van der Waals surface area contributed by atoms with E-state index in [0.717, 1.165) is 58.0 Å². The molecule has 0 unspecified atom stereocenters. The molecular weight excluding hydrogens is 338 g/mol. The number of allylic oxidation sites excluding steroid dienone is 1. The molecular formula is C20H36ClNO3. The molecule has 1 aliphatic rings. The zero-order chi connectivity index (χ0) is 18.5. The number of alkyl halides is 1. The van der Waals surface area contributed by atoms with E-state index in [-0.39, 0.29) is 17.9 Å². The van der Waals surface area contributed by atoms with Crippen LogP contribution in [0.4, 0.5) is 0 Å². The van der Waals surface area contributed by atoms with Crippen LogP contribution >= 0.6 is 11.6 Å². The van der Waals surface area contributed by atoms with Crippen molar-refractivity contribution in [1.82, 2.24) is 4.90 Å². The molecule has 2 N–H and O–H groups in total. The van der Waals surface area contributed by atoms with Gasteiger partial charge in [0, 0.05) is 12.5 Å². The quantitative estimate of drug-likeness (QED) is 0.265. The second-order valence-electron chi connectivity index (χ2n) is 7.19. The SMILES string of the molecule is CCCCC[C@@H](O)CCCN1CC[C@@H](Cl)[C@@H]1C/C=C\CCCC(=O)O. The lowest BCUT2D eigenvalue weighted by atomic mass is 10.1. The fourth-order valence-electron chi connectivity index (χ4n) is 3.48. The van der Waals surface area contributed by atoms with Crippen LogP contribution in [0.5, 0.6) is 0 Å². The molecule has 1 fully saturated rings. The fourth-order valence-corrected chi connectivity index (χ4v) is 3.84. The van der Waals surface area contributed by atoms with Crippen molar-refractivity contribution in [2.75, 3.05) is 13.1 Å². The highest BCUT2D eigenvalue weighted by molar-refractivity contribution is 6.21. The van der Waals surface area contributed by atoms with Crippen LogP contribution in [0.25, 0.3) is 0 Å². The monoisotopic (exact) mass is 373 g/mol. The summed E-state index contributed by atoms with van der Waals surface area (Å²) >= 11 is 6.48. The third-order valence-corrected chi connectivity index (χ3v) is 5.52. The van der Waals surface area contributed by atoms with Crippen molar-refractivity contribution in [2.24, 2.45) is 0 Å². The van der Waals surface area contributed by atoms with Gasteiger partial charge in [0.05, 0.1) is 11.5 Å². The van der Waals surface area contributed by atoms with E-state index in [1.807, 2.05) is 0 Å². The molecule has 146 valence electrons. The van der Waals surface area contributed by atoms with Gasteiger partial charge in [-0.05, 0) is 58.0 Å². The Morgan fingerprint density at radius 2 is 2.00 bits per heavy atom. The highest BCUT2D eigenvalue weighted by Crippen LogP contribution is 2.26. The molecule has 1 saturated heterocycles. The van der Waals surface area contributed by atoms with Gasteiger partial charge >= 0.3 is 5.97 Å². The van der Waals surface area contributed by atoms with Gasteiger partial charge in [0.25, 0.3) is 0 Å². The summed E-state index contributed by atoms with van der Waals surface area (Å²) < 4.78 is 0. The minimum Gasteiger partial charge on any atom is -0.481 e. The highest BCUT2D eigenvalue weighted by atomic mass is 35.5. The Kier molecular flexibility index (Phi) is 12.2. The normalized spacial score (nSPS) is 22.7. The maximum Gasteiger partial charge on any atom is 0.303 e. The number of halogens is 1. The molecule has 0 aromatic rings. The Balaban J connectivity index is 2.21. The zero-order valence-corrected chi connectivity index (χ0v) is 16.5. The molecule has 0 amide bonds. The zero-order valence-electron chi connectivity index (χ0n) is 15.7. The van der Waals surface area contributed by atoms with Crippen LogP contribution in [0.15, 0.2) is 12.2 Å². The van der Waals surface area contributed by atoms with Crippen LogP contribution in [-0.4, -0.2) is 51.7 Å². The molecule has 1 aliphatic heterocycles. The highest BCUT2D eigenvalue weighted by Gasteiger charge is 2.31. The Hall–Kier alpha value is -0.580. The first kappa shape index (κ1) is 22.5. The largest absolute Gasteiger partial charge is 0.481 e. The Bertz CT molecular complexity index is 389. The molecule has 1 heterocycles. The summed E-state index contributed by atoms with van der Waals surface area (Å²) in [5.74, 6) is -0.729. The van der Waals surface area contributed by atoms with Crippen LogP contribution in [0.1, 0.15) is 77.6 Å². The van der Waals surface area contributed by atoms with Gasteiger partial charge in [0.15, 0.2) is 0 Å². The number of aliphatic carboxylic acids is 1. The van der Waals surface area contributed by atoms with Crippen LogP contribution in [0, 0.1) is 0 Å². The summed E-state index contributed by atoms with van der Waals surface area (Å²) in [6.45, 7) is 4.23. The summed E-state index contributed by atoms with van der Waals surface area (Å²) in [6, 6.07) is 0.370. The molecule has 25 heavy (non-hydrogen) atoms. The van der Waals surface area contributed by atoms with Crippen LogP contribution in [0.2, 0.25) is 0 Å². The van der Waals surface area contributed by atoms with Crippen LogP contribution in [0.3, 0.4) is 0 Å². The van der Waals surface area contributed by atoms with E-state index in [9.17, 15) is 9.90 Å². The Morgan fingerprint density at radius 1 is 1.24 bits per heavy atom. The number of aliphatic hydroxyl groups excluding tert-OH is 1. The molecule has 0 aromatic heterocycles. The van der Waals surface area contributed by atoms with Crippen molar-refractivity contribution in [3.05, 3.63) is 12.2 Å². The van der Waals surface area contributed by atoms with Crippen LogP contribution < -0.4 is 0 Å². The Labute approximate surface area is 158 Å². The maximum atomic E-state index is 10.5. The van der Waals surface area contributed by atoms with Crippen molar-refractivity contribution in [1.29, 1.82) is 0 Å². The summed E-state index contributed by atoms with van der Waals surface area (Å²) in [5, 5.41) is 18.9. The van der Waals surface area contributed by atoms with Gasteiger partial charge in [0.2, 0.25) is 0 Å². The summed E-state index contributed by atoms with van der Waals surface area (Å²) in [5.41, 5.74) is 0. The van der Waals surface area contributed by atoms with Gasteiger partial charge in [-0.3, -0.25) is 9.69 Å². The minimum absolute atomic E-state index is 0.159. The fraction of sp³-hybridized carbons (Fsp3) is 0.850. The van der Waals surface area contributed by atoms with Gasteiger partial charge in [-0.1, -0.05) is 38.3 Å². The number of hydrogen-bond acceptors (Lipinski definition) is 3. The number of unbranched alkanes of at least 4 members (excludes halogenated alkanes) is 3. The van der Waals surface area contributed by atoms with Crippen molar-refractivity contribution in [3.8, 4) is 0 Å². The number of likely N-dealkylation sites (tertiary alicyclic amines) is 1. The lowest BCUT2D eigenvalue weighted by molar-refractivity contribution is -0.137. The van der Waals surface area contributed by atoms with E-state index in [4.69, 9.17) is 16.7 Å². The van der Waals surface area contributed by atoms with Gasteiger partial charge in [-0.2, -0.15) is 0 Å². The predicted octanol–water partition coefficient (Wildman–Crippen LogP) is 4.59. The topological polar surface area (TPSA) is 60.8 Å². The van der Waals surface area contributed by atoms with Gasteiger partial charge in [0.1, 0.15) is 0 Å².